The van der Waals surface area contributed by atoms with Crippen molar-refractivity contribution >= 4 is 17.6 Å². The molecule has 0 aliphatic carbocycles. The summed E-state index contributed by atoms with van der Waals surface area (Å²) in [7, 11) is 1.31. The molecule has 5 nitrogen and oxygen atoms in total. The highest BCUT2D eigenvalue weighted by atomic mass is 16.5. The van der Waals surface area contributed by atoms with Crippen molar-refractivity contribution in [1.29, 1.82) is 0 Å². The number of rotatable bonds is 3. The predicted octanol–water partition coefficient (Wildman–Crippen LogP) is 1.98. The number of anilines is 1. The number of esters is 1. The van der Waals surface area contributed by atoms with E-state index < -0.39 is 12.1 Å². The number of para-hydroxylation sites is 1. The molecule has 1 unspecified atom stereocenters. The second-order valence-electron chi connectivity index (χ2n) is 4.38. The average molecular weight is 263 g/mol. The fourth-order valence-electron chi connectivity index (χ4n) is 2.04. The maximum atomic E-state index is 12.0. The molecule has 0 bridgehead atoms. The quantitative estimate of drug-likeness (QED) is 0.847. The lowest BCUT2D eigenvalue weighted by Gasteiger charge is -2.22. The summed E-state index contributed by atoms with van der Waals surface area (Å²) in [6.07, 6.45) is 2.25. The number of benzene rings is 1. The van der Waals surface area contributed by atoms with Crippen molar-refractivity contribution in [3.05, 3.63) is 29.8 Å². The molecule has 1 aromatic carbocycles. The van der Waals surface area contributed by atoms with E-state index in [0.29, 0.717) is 24.3 Å². The first kappa shape index (κ1) is 13.5. The molecule has 1 aromatic rings. The van der Waals surface area contributed by atoms with Gasteiger partial charge in [0.05, 0.1) is 18.4 Å². The SMILES string of the molecule is COC(=O)c1ccccc1NC(=O)C1CCCCO1. The average Bonchev–Trinajstić information content (AvgIpc) is 2.48. The summed E-state index contributed by atoms with van der Waals surface area (Å²) in [5.74, 6) is -0.684. The molecule has 1 aliphatic rings. The smallest absolute Gasteiger partial charge is 0.339 e. The maximum absolute atomic E-state index is 12.0. The summed E-state index contributed by atoms with van der Waals surface area (Å²) < 4.78 is 10.1. The number of carbonyl (C=O) groups excluding carboxylic acids is 2. The third-order valence-electron chi connectivity index (χ3n) is 3.06. The fourth-order valence-corrected chi connectivity index (χ4v) is 2.04. The zero-order valence-corrected chi connectivity index (χ0v) is 10.8. The van der Waals surface area contributed by atoms with Crippen LogP contribution >= 0.6 is 0 Å². The van der Waals surface area contributed by atoms with E-state index in [1.165, 1.54) is 7.11 Å². The van der Waals surface area contributed by atoms with E-state index in [-0.39, 0.29) is 5.91 Å². The molecule has 1 N–H and O–H groups in total. The number of methoxy groups -OCH3 is 1. The monoisotopic (exact) mass is 263 g/mol. The van der Waals surface area contributed by atoms with Crippen molar-refractivity contribution in [3.8, 4) is 0 Å². The molecule has 1 heterocycles. The lowest BCUT2D eigenvalue weighted by Crippen LogP contribution is -2.33. The highest BCUT2D eigenvalue weighted by Crippen LogP contribution is 2.19. The number of ether oxygens (including phenoxy) is 2. The zero-order chi connectivity index (χ0) is 13.7. The Kier molecular flexibility index (Phi) is 4.52. The van der Waals surface area contributed by atoms with Gasteiger partial charge in [0.25, 0.3) is 5.91 Å². The first-order valence-electron chi connectivity index (χ1n) is 6.32. The molecule has 1 saturated heterocycles. The van der Waals surface area contributed by atoms with Crippen molar-refractivity contribution in [3.63, 3.8) is 0 Å². The van der Waals surface area contributed by atoms with Crippen LogP contribution in [0.25, 0.3) is 0 Å². The third kappa shape index (κ3) is 3.32. The molecule has 1 fully saturated rings. The van der Waals surface area contributed by atoms with Crippen LogP contribution in [-0.2, 0) is 14.3 Å². The van der Waals surface area contributed by atoms with E-state index in [9.17, 15) is 9.59 Å². The first-order chi connectivity index (χ1) is 9.22. The van der Waals surface area contributed by atoms with Gasteiger partial charge in [0.2, 0.25) is 0 Å². The van der Waals surface area contributed by atoms with Crippen molar-refractivity contribution in [2.45, 2.75) is 25.4 Å². The normalized spacial score (nSPS) is 18.7. The minimum Gasteiger partial charge on any atom is -0.465 e. The van der Waals surface area contributed by atoms with Gasteiger partial charge in [-0.1, -0.05) is 12.1 Å². The zero-order valence-electron chi connectivity index (χ0n) is 10.8. The maximum Gasteiger partial charge on any atom is 0.339 e. The van der Waals surface area contributed by atoms with Crippen LogP contribution in [0.4, 0.5) is 5.69 Å². The van der Waals surface area contributed by atoms with E-state index in [2.05, 4.69) is 10.1 Å². The Morgan fingerprint density at radius 3 is 2.79 bits per heavy atom. The fraction of sp³-hybridized carbons (Fsp3) is 0.429. The van der Waals surface area contributed by atoms with Gasteiger partial charge in [0, 0.05) is 6.61 Å². The molecule has 1 atom stereocenters. The van der Waals surface area contributed by atoms with Crippen LogP contribution in [0, 0.1) is 0 Å². The van der Waals surface area contributed by atoms with Gasteiger partial charge in [-0.15, -0.1) is 0 Å². The number of carbonyl (C=O) groups is 2. The lowest BCUT2D eigenvalue weighted by molar-refractivity contribution is -0.129. The van der Waals surface area contributed by atoms with Gasteiger partial charge in [0.1, 0.15) is 6.10 Å². The van der Waals surface area contributed by atoms with Gasteiger partial charge in [-0.05, 0) is 31.4 Å². The van der Waals surface area contributed by atoms with Gasteiger partial charge in [0.15, 0.2) is 0 Å². The molecule has 0 aromatic heterocycles. The van der Waals surface area contributed by atoms with Crippen LogP contribution in [0.2, 0.25) is 0 Å². The molecule has 102 valence electrons. The largest absolute Gasteiger partial charge is 0.465 e. The van der Waals surface area contributed by atoms with Gasteiger partial charge >= 0.3 is 5.97 Å². The molecular formula is C14H17NO4. The molecule has 1 amide bonds. The van der Waals surface area contributed by atoms with Crippen LogP contribution in [0.1, 0.15) is 29.6 Å². The Morgan fingerprint density at radius 2 is 2.11 bits per heavy atom. The summed E-state index contributed by atoms with van der Waals surface area (Å²) in [6, 6.07) is 6.76. The topological polar surface area (TPSA) is 64.6 Å². The summed E-state index contributed by atoms with van der Waals surface area (Å²) in [5.41, 5.74) is 0.794. The van der Waals surface area contributed by atoms with Gasteiger partial charge < -0.3 is 14.8 Å². The summed E-state index contributed by atoms with van der Waals surface area (Å²) in [4.78, 5) is 23.6. The third-order valence-corrected chi connectivity index (χ3v) is 3.06. The Labute approximate surface area is 111 Å². The Bertz CT molecular complexity index is 466. The molecule has 1 aliphatic heterocycles. The summed E-state index contributed by atoms with van der Waals surface area (Å²) >= 11 is 0. The van der Waals surface area contributed by atoms with E-state index in [0.717, 1.165) is 12.8 Å². The van der Waals surface area contributed by atoms with Crippen molar-refractivity contribution in [1.82, 2.24) is 0 Å². The Hall–Kier alpha value is -1.88. The molecule has 5 heteroatoms. The Morgan fingerprint density at radius 1 is 1.32 bits per heavy atom. The summed E-state index contributed by atoms with van der Waals surface area (Å²) in [6.45, 7) is 0.608. The second kappa shape index (κ2) is 6.33. The van der Waals surface area contributed by atoms with Crippen molar-refractivity contribution in [2.24, 2.45) is 0 Å². The molecule has 0 radical (unpaired) electrons. The van der Waals surface area contributed by atoms with Gasteiger partial charge in [-0.3, -0.25) is 4.79 Å². The minimum absolute atomic E-state index is 0.212. The van der Waals surface area contributed by atoms with Crippen LogP contribution < -0.4 is 5.32 Å². The molecule has 2 rings (SSSR count). The highest BCUT2D eigenvalue weighted by Gasteiger charge is 2.23. The van der Waals surface area contributed by atoms with Gasteiger partial charge in [-0.25, -0.2) is 4.79 Å². The number of amides is 1. The number of nitrogens with one attached hydrogen (secondary N) is 1. The van der Waals surface area contributed by atoms with E-state index in [4.69, 9.17) is 4.74 Å². The van der Waals surface area contributed by atoms with Crippen molar-refractivity contribution < 1.29 is 19.1 Å². The lowest BCUT2D eigenvalue weighted by atomic mass is 10.1. The minimum atomic E-state index is -0.472. The van der Waals surface area contributed by atoms with Crippen LogP contribution in [-0.4, -0.2) is 31.7 Å². The highest BCUT2D eigenvalue weighted by molar-refractivity contribution is 6.02. The number of hydrogen-bond donors (Lipinski definition) is 1. The molecule has 0 saturated carbocycles. The van der Waals surface area contributed by atoms with Crippen LogP contribution in [0.15, 0.2) is 24.3 Å². The first-order valence-corrected chi connectivity index (χ1v) is 6.32. The second-order valence-corrected chi connectivity index (χ2v) is 4.38. The molecular weight excluding hydrogens is 246 g/mol. The number of hydrogen-bond acceptors (Lipinski definition) is 4. The standard InChI is InChI=1S/C14H17NO4/c1-18-14(17)10-6-2-3-7-11(10)15-13(16)12-8-4-5-9-19-12/h2-3,6-7,12H,4-5,8-9H2,1H3,(H,15,16). The van der Waals surface area contributed by atoms with E-state index in [1.807, 2.05) is 0 Å². The van der Waals surface area contributed by atoms with E-state index >= 15 is 0 Å². The van der Waals surface area contributed by atoms with E-state index in [1.54, 1.807) is 24.3 Å². The van der Waals surface area contributed by atoms with Crippen molar-refractivity contribution in [2.75, 3.05) is 19.0 Å². The van der Waals surface area contributed by atoms with Crippen LogP contribution in [0.5, 0.6) is 0 Å². The predicted molar refractivity (Wildman–Crippen MR) is 70.0 cm³/mol. The molecule has 0 spiro atoms. The Balaban J connectivity index is 2.09. The summed E-state index contributed by atoms with van der Waals surface area (Å²) in [5, 5.41) is 2.73. The van der Waals surface area contributed by atoms with Crippen LogP contribution in [0.3, 0.4) is 0 Å². The van der Waals surface area contributed by atoms with Gasteiger partial charge in [-0.2, -0.15) is 0 Å². The molecule has 19 heavy (non-hydrogen) atoms.